The predicted molar refractivity (Wildman–Crippen MR) is 133 cm³/mol. The van der Waals surface area contributed by atoms with Crippen molar-refractivity contribution in [1.29, 1.82) is 0 Å². The minimum atomic E-state index is -0.264. The first-order valence-corrected chi connectivity index (χ1v) is 11.5. The van der Waals surface area contributed by atoms with E-state index >= 15 is 0 Å². The van der Waals surface area contributed by atoms with Gasteiger partial charge in [-0.2, -0.15) is 0 Å². The molecule has 164 valence electrons. The lowest BCUT2D eigenvalue weighted by molar-refractivity contribution is 0.628. The van der Waals surface area contributed by atoms with E-state index in [9.17, 15) is 4.39 Å². The third kappa shape index (κ3) is 4.74. The number of thiophene rings is 1. The van der Waals surface area contributed by atoms with Crippen LogP contribution in [0.3, 0.4) is 0 Å². The maximum Gasteiger partial charge on any atom is 0.162 e. The molecule has 7 heteroatoms. The Morgan fingerprint density at radius 3 is 2.42 bits per heavy atom. The van der Waals surface area contributed by atoms with Crippen molar-refractivity contribution in [1.82, 2.24) is 15.0 Å². The molecule has 0 aliphatic heterocycles. The summed E-state index contributed by atoms with van der Waals surface area (Å²) in [4.78, 5) is 13.8. The van der Waals surface area contributed by atoms with E-state index in [2.05, 4.69) is 22.4 Å². The van der Waals surface area contributed by atoms with Crippen molar-refractivity contribution in [3.05, 3.63) is 95.9 Å². The number of rotatable bonds is 7. The number of nitrogens with one attached hydrogen (secondary N) is 1. The van der Waals surface area contributed by atoms with Crippen molar-refractivity contribution in [2.24, 2.45) is 5.73 Å². The van der Waals surface area contributed by atoms with Crippen LogP contribution in [0.1, 0.15) is 5.56 Å². The van der Waals surface area contributed by atoms with Gasteiger partial charge in [0.05, 0.1) is 10.2 Å². The van der Waals surface area contributed by atoms with Gasteiger partial charge in [0.1, 0.15) is 11.6 Å². The third-order valence-corrected chi connectivity index (χ3v) is 6.36. The molecule has 0 saturated carbocycles. The number of nitrogens with two attached hydrogens (primary N) is 1. The number of hydrogen-bond acceptors (Lipinski definition) is 6. The van der Waals surface area contributed by atoms with Crippen LogP contribution in [-0.4, -0.2) is 27.5 Å². The number of fused-ring (bicyclic) bond motifs is 1. The smallest absolute Gasteiger partial charge is 0.162 e. The summed E-state index contributed by atoms with van der Waals surface area (Å²) in [5.74, 6) is 1.08. The van der Waals surface area contributed by atoms with Gasteiger partial charge >= 0.3 is 0 Å². The summed E-state index contributed by atoms with van der Waals surface area (Å²) in [6.45, 7) is 0.570. The summed E-state index contributed by atoms with van der Waals surface area (Å²) in [5, 5.41) is 5.49. The van der Waals surface area contributed by atoms with E-state index in [1.807, 2.05) is 35.7 Å². The van der Waals surface area contributed by atoms with Crippen LogP contribution >= 0.6 is 11.3 Å². The third-order valence-electron chi connectivity index (χ3n) is 5.38. The number of halogens is 1. The van der Waals surface area contributed by atoms with Gasteiger partial charge in [-0.05, 0) is 41.8 Å². The maximum atomic E-state index is 13.5. The zero-order valence-corrected chi connectivity index (χ0v) is 18.6. The van der Waals surface area contributed by atoms with E-state index in [0.29, 0.717) is 12.4 Å². The minimum absolute atomic E-state index is 0.0710. The second-order valence-corrected chi connectivity index (χ2v) is 8.68. The molecule has 3 N–H and O–H groups in total. The largest absolute Gasteiger partial charge is 0.367 e. The van der Waals surface area contributed by atoms with Crippen LogP contribution in [0, 0.1) is 5.82 Å². The summed E-state index contributed by atoms with van der Waals surface area (Å²) in [6.07, 6.45) is 4.21. The number of aromatic nitrogens is 3. The van der Waals surface area contributed by atoms with E-state index in [1.54, 1.807) is 35.9 Å². The van der Waals surface area contributed by atoms with Gasteiger partial charge in [0.2, 0.25) is 0 Å². The lowest BCUT2D eigenvalue weighted by Gasteiger charge is -2.15. The summed E-state index contributed by atoms with van der Waals surface area (Å²) in [7, 11) is 0. The summed E-state index contributed by atoms with van der Waals surface area (Å²) < 4.78 is 14.4. The molecule has 0 spiro atoms. The van der Waals surface area contributed by atoms with Crippen LogP contribution in [-0.2, 0) is 6.42 Å². The quantitative estimate of drug-likeness (QED) is 0.337. The van der Waals surface area contributed by atoms with E-state index in [1.165, 1.54) is 17.7 Å². The molecule has 0 aliphatic carbocycles. The lowest BCUT2D eigenvalue weighted by atomic mass is 10.1. The van der Waals surface area contributed by atoms with Gasteiger partial charge in [-0.1, -0.05) is 42.5 Å². The van der Waals surface area contributed by atoms with Crippen molar-refractivity contribution in [3.8, 4) is 22.5 Å². The number of pyridine rings is 1. The lowest BCUT2D eigenvalue weighted by Crippen LogP contribution is -2.31. The Labute approximate surface area is 195 Å². The van der Waals surface area contributed by atoms with E-state index in [4.69, 9.17) is 15.7 Å². The molecular formula is C26H22FN5S. The number of benzene rings is 2. The molecule has 5 nitrogen and oxygen atoms in total. The van der Waals surface area contributed by atoms with Gasteiger partial charge in [-0.15, -0.1) is 11.3 Å². The number of hydrogen-bond donors (Lipinski definition) is 2. The molecule has 0 saturated heterocycles. The highest BCUT2D eigenvalue weighted by Crippen LogP contribution is 2.37. The number of anilines is 1. The van der Waals surface area contributed by atoms with Crippen molar-refractivity contribution >= 4 is 27.4 Å². The normalized spacial score (nSPS) is 12.1. The van der Waals surface area contributed by atoms with Crippen LogP contribution < -0.4 is 11.1 Å². The highest BCUT2D eigenvalue weighted by Gasteiger charge is 2.16. The fourth-order valence-corrected chi connectivity index (χ4v) is 4.70. The molecule has 3 aromatic heterocycles. The van der Waals surface area contributed by atoms with Crippen LogP contribution in [0.25, 0.3) is 32.7 Å². The van der Waals surface area contributed by atoms with Crippen molar-refractivity contribution < 1.29 is 4.39 Å². The Hall–Kier alpha value is -3.68. The molecule has 5 rings (SSSR count). The average molecular weight is 456 g/mol. The second-order valence-electron chi connectivity index (χ2n) is 7.80. The van der Waals surface area contributed by atoms with E-state index < -0.39 is 0 Å². The summed E-state index contributed by atoms with van der Waals surface area (Å²) in [6, 6.07) is 20.4. The van der Waals surface area contributed by atoms with Crippen LogP contribution in [0.4, 0.5) is 10.2 Å². The van der Waals surface area contributed by atoms with Gasteiger partial charge in [0.15, 0.2) is 5.82 Å². The van der Waals surface area contributed by atoms with Gasteiger partial charge in [0.25, 0.3) is 0 Å². The Balaban J connectivity index is 1.50. The van der Waals surface area contributed by atoms with Gasteiger partial charge in [-0.25, -0.2) is 14.4 Å². The SMILES string of the molecule is N[C@H](CNc1nc(-c2ccncc2)nc2c(-c3ccc(F)cc3)csc12)Cc1ccccc1. The molecular weight excluding hydrogens is 433 g/mol. The minimum Gasteiger partial charge on any atom is -0.367 e. The van der Waals surface area contributed by atoms with Crippen molar-refractivity contribution in [2.45, 2.75) is 12.5 Å². The van der Waals surface area contributed by atoms with Crippen molar-refractivity contribution in [2.75, 3.05) is 11.9 Å². The molecule has 3 heterocycles. The predicted octanol–water partition coefficient (Wildman–Crippen LogP) is 5.54. The average Bonchev–Trinajstić information content (AvgIpc) is 3.28. The molecule has 0 unspecified atom stereocenters. The zero-order chi connectivity index (χ0) is 22.6. The fourth-order valence-electron chi connectivity index (χ4n) is 3.72. The topological polar surface area (TPSA) is 76.7 Å². The first-order valence-electron chi connectivity index (χ1n) is 10.7. The van der Waals surface area contributed by atoms with Gasteiger partial charge < -0.3 is 11.1 Å². The molecule has 0 aliphatic rings. The first kappa shape index (κ1) is 21.2. The highest BCUT2D eigenvalue weighted by molar-refractivity contribution is 7.18. The summed E-state index contributed by atoms with van der Waals surface area (Å²) >= 11 is 1.56. The van der Waals surface area contributed by atoms with E-state index in [0.717, 1.165) is 39.1 Å². The van der Waals surface area contributed by atoms with Crippen LogP contribution in [0.2, 0.25) is 0 Å². The Morgan fingerprint density at radius 1 is 0.909 bits per heavy atom. The molecule has 2 aromatic carbocycles. The molecule has 33 heavy (non-hydrogen) atoms. The second kappa shape index (κ2) is 9.44. The standard InChI is InChI=1S/C26H22FN5S/c27-20-8-6-18(7-9-20)22-16-33-24-23(22)31-25(19-10-12-29-13-11-19)32-26(24)30-15-21(28)14-17-4-2-1-3-5-17/h1-13,16,21H,14-15,28H2,(H,30,31,32)/t21-/m0/s1. The molecule has 0 radical (unpaired) electrons. The van der Waals surface area contributed by atoms with E-state index in [-0.39, 0.29) is 11.9 Å². The monoisotopic (exact) mass is 455 g/mol. The molecule has 1 atom stereocenters. The highest BCUT2D eigenvalue weighted by atomic mass is 32.1. The summed E-state index contributed by atoms with van der Waals surface area (Å²) in [5.41, 5.74) is 11.2. The van der Waals surface area contributed by atoms with Crippen molar-refractivity contribution in [3.63, 3.8) is 0 Å². The molecule has 0 fully saturated rings. The Kier molecular flexibility index (Phi) is 6.06. The van der Waals surface area contributed by atoms with Gasteiger partial charge in [-0.3, -0.25) is 4.98 Å². The Bertz CT molecular complexity index is 1350. The first-order chi connectivity index (χ1) is 16.2. The van der Waals surface area contributed by atoms with Crippen LogP contribution in [0.5, 0.6) is 0 Å². The fraction of sp³-hybridized carbons (Fsp3) is 0.115. The molecule has 0 bridgehead atoms. The number of nitrogens with zero attached hydrogens (tertiary/aromatic N) is 3. The van der Waals surface area contributed by atoms with Crippen LogP contribution in [0.15, 0.2) is 84.5 Å². The van der Waals surface area contributed by atoms with Gasteiger partial charge in [0, 0.05) is 41.5 Å². The zero-order valence-electron chi connectivity index (χ0n) is 17.8. The molecule has 5 aromatic rings. The molecule has 0 amide bonds. The maximum absolute atomic E-state index is 13.5. The Morgan fingerprint density at radius 2 is 1.67 bits per heavy atom.